The predicted octanol–water partition coefficient (Wildman–Crippen LogP) is 2.51. The molecule has 0 radical (unpaired) electrons. The number of amides is 2. The Kier molecular flexibility index (Phi) is 4.63. The molecule has 0 bridgehead atoms. The maximum absolute atomic E-state index is 12.9. The molecule has 1 fully saturated rings. The minimum absolute atomic E-state index is 0.131. The fourth-order valence-corrected chi connectivity index (χ4v) is 3.76. The lowest BCUT2D eigenvalue weighted by Gasteiger charge is -2.36. The average Bonchev–Trinajstić information content (AvgIpc) is 3.27. The van der Waals surface area contributed by atoms with Gasteiger partial charge in [0.25, 0.3) is 5.91 Å². The number of ether oxygens (including phenoxy) is 1. The molecule has 1 aliphatic heterocycles. The van der Waals surface area contributed by atoms with E-state index in [-0.39, 0.29) is 35.4 Å². The van der Waals surface area contributed by atoms with Gasteiger partial charge in [0.15, 0.2) is 0 Å². The van der Waals surface area contributed by atoms with Gasteiger partial charge in [-0.3, -0.25) is 9.78 Å². The SMILES string of the molecule is NC(=O)O[C@@H]1CCCC[C@H]1N1Cc2ncc(-c3noc(C(F)(F)F)n3)cc2C1=O. The van der Waals surface area contributed by atoms with Crippen LogP contribution in [0.1, 0.15) is 47.6 Å². The number of hydrogen-bond donors (Lipinski definition) is 1. The molecule has 1 aliphatic carbocycles. The van der Waals surface area contributed by atoms with Gasteiger partial charge >= 0.3 is 18.2 Å². The van der Waals surface area contributed by atoms with Gasteiger partial charge in [0.05, 0.1) is 23.8 Å². The fourth-order valence-electron chi connectivity index (χ4n) is 3.76. The van der Waals surface area contributed by atoms with E-state index in [0.717, 1.165) is 12.8 Å². The maximum Gasteiger partial charge on any atom is 0.471 e. The van der Waals surface area contributed by atoms with Gasteiger partial charge in [0.1, 0.15) is 6.10 Å². The molecular formula is C17H16F3N5O4. The van der Waals surface area contributed by atoms with Crippen LogP contribution in [0.15, 0.2) is 16.8 Å². The summed E-state index contributed by atoms with van der Waals surface area (Å²) in [6, 6.07) is 1.05. The molecule has 0 unspecified atom stereocenters. The van der Waals surface area contributed by atoms with Crippen molar-refractivity contribution in [3.63, 3.8) is 0 Å². The Morgan fingerprint density at radius 2 is 2.07 bits per heavy atom. The lowest BCUT2D eigenvalue weighted by atomic mass is 9.91. The quantitative estimate of drug-likeness (QED) is 0.823. The topological polar surface area (TPSA) is 124 Å². The van der Waals surface area contributed by atoms with Crippen molar-refractivity contribution in [2.75, 3.05) is 0 Å². The second-order valence-electron chi connectivity index (χ2n) is 6.90. The average molecular weight is 411 g/mol. The molecule has 2 N–H and O–H groups in total. The number of rotatable bonds is 3. The second-order valence-corrected chi connectivity index (χ2v) is 6.90. The van der Waals surface area contributed by atoms with Crippen molar-refractivity contribution in [1.82, 2.24) is 20.0 Å². The standard InChI is InChI=1S/C17H16F3N5O4/c18-17(19,20)15-23-13(24-29-15)8-5-9-10(22-6-8)7-25(14(9)26)11-3-1-2-4-12(11)28-16(21)27/h5-6,11-12H,1-4,7H2,(H2,21,27)/t11-,12-/m1/s1. The van der Waals surface area contributed by atoms with Crippen LogP contribution in [0.3, 0.4) is 0 Å². The van der Waals surface area contributed by atoms with Crippen LogP contribution >= 0.6 is 0 Å². The monoisotopic (exact) mass is 411 g/mol. The summed E-state index contributed by atoms with van der Waals surface area (Å²) in [6.07, 6.45) is -1.93. The number of carbonyl (C=O) groups excluding carboxylic acids is 2. The summed E-state index contributed by atoms with van der Waals surface area (Å²) in [7, 11) is 0. The molecule has 3 heterocycles. The normalized spacial score (nSPS) is 21.9. The van der Waals surface area contributed by atoms with Crippen LogP contribution in [-0.2, 0) is 17.5 Å². The van der Waals surface area contributed by atoms with E-state index in [0.29, 0.717) is 18.5 Å². The zero-order valence-electron chi connectivity index (χ0n) is 15.0. The first kappa shape index (κ1) is 19.2. The third kappa shape index (κ3) is 3.61. The summed E-state index contributed by atoms with van der Waals surface area (Å²) in [5.74, 6) is -2.14. The van der Waals surface area contributed by atoms with Crippen molar-refractivity contribution in [3.8, 4) is 11.4 Å². The molecule has 12 heteroatoms. The van der Waals surface area contributed by atoms with Gasteiger partial charge in [0, 0.05) is 11.8 Å². The highest BCUT2D eigenvalue weighted by molar-refractivity contribution is 5.99. The Morgan fingerprint density at radius 3 is 2.76 bits per heavy atom. The van der Waals surface area contributed by atoms with Gasteiger partial charge in [0.2, 0.25) is 5.82 Å². The Labute approximate surface area is 162 Å². The molecule has 9 nitrogen and oxygen atoms in total. The molecule has 2 aromatic heterocycles. The van der Waals surface area contributed by atoms with Crippen LogP contribution < -0.4 is 5.73 Å². The van der Waals surface area contributed by atoms with E-state index >= 15 is 0 Å². The van der Waals surface area contributed by atoms with Crippen molar-refractivity contribution in [2.24, 2.45) is 5.73 Å². The highest BCUT2D eigenvalue weighted by Crippen LogP contribution is 2.34. The molecule has 2 aliphatic rings. The summed E-state index contributed by atoms with van der Waals surface area (Å²) >= 11 is 0. The summed E-state index contributed by atoms with van der Waals surface area (Å²) in [5, 5.41) is 3.31. The molecule has 0 saturated heterocycles. The smallest absolute Gasteiger partial charge is 0.444 e. The third-order valence-corrected chi connectivity index (χ3v) is 5.04. The first-order chi connectivity index (χ1) is 13.7. The number of alkyl halides is 3. The summed E-state index contributed by atoms with van der Waals surface area (Å²) in [5.41, 5.74) is 5.99. The van der Waals surface area contributed by atoms with E-state index < -0.39 is 24.3 Å². The Morgan fingerprint density at radius 1 is 1.31 bits per heavy atom. The number of hydrogen-bond acceptors (Lipinski definition) is 7. The van der Waals surface area contributed by atoms with Crippen molar-refractivity contribution in [3.05, 3.63) is 29.4 Å². The highest BCUT2D eigenvalue weighted by atomic mass is 19.4. The minimum atomic E-state index is -4.77. The molecular weight excluding hydrogens is 395 g/mol. The van der Waals surface area contributed by atoms with Gasteiger partial charge in [-0.05, 0) is 25.3 Å². The molecule has 2 atom stereocenters. The predicted molar refractivity (Wildman–Crippen MR) is 89.1 cm³/mol. The lowest BCUT2D eigenvalue weighted by molar-refractivity contribution is -0.159. The Balaban J connectivity index is 1.59. The molecule has 2 amide bonds. The van der Waals surface area contributed by atoms with Gasteiger partial charge in [-0.15, -0.1) is 0 Å². The number of aromatic nitrogens is 3. The molecule has 154 valence electrons. The number of primary amides is 1. The molecule has 2 aromatic rings. The lowest BCUT2D eigenvalue weighted by Crippen LogP contribution is -2.48. The van der Waals surface area contributed by atoms with Crippen LogP contribution in [0.4, 0.5) is 18.0 Å². The van der Waals surface area contributed by atoms with E-state index in [1.807, 2.05) is 0 Å². The third-order valence-electron chi connectivity index (χ3n) is 5.04. The van der Waals surface area contributed by atoms with Crippen LogP contribution in [0.2, 0.25) is 0 Å². The van der Waals surface area contributed by atoms with Gasteiger partial charge in [-0.2, -0.15) is 18.2 Å². The Bertz CT molecular complexity index is 961. The van der Waals surface area contributed by atoms with E-state index in [1.54, 1.807) is 4.90 Å². The highest BCUT2D eigenvalue weighted by Gasteiger charge is 2.41. The number of carbonyl (C=O) groups is 2. The zero-order chi connectivity index (χ0) is 20.8. The van der Waals surface area contributed by atoms with Gasteiger partial charge < -0.3 is 19.9 Å². The largest absolute Gasteiger partial charge is 0.471 e. The van der Waals surface area contributed by atoms with Crippen molar-refractivity contribution in [1.29, 1.82) is 0 Å². The van der Waals surface area contributed by atoms with E-state index in [4.69, 9.17) is 10.5 Å². The second kappa shape index (κ2) is 7.01. The number of nitrogens with zero attached hydrogens (tertiary/aromatic N) is 4. The minimum Gasteiger partial charge on any atom is -0.444 e. The van der Waals surface area contributed by atoms with Crippen LogP contribution in [0.5, 0.6) is 0 Å². The van der Waals surface area contributed by atoms with Crippen molar-refractivity contribution >= 4 is 12.0 Å². The van der Waals surface area contributed by atoms with Crippen LogP contribution in [-0.4, -0.2) is 44.2 Å². The molecule has 29 heavy (non-hydrogen) atoms. The molecule has 1 saturated carbocycles. The zero-order valence-corrected chi connectivity index (χ0v) is 15.0. The Hall–Kier alpha value is -3.18. The maximum atomic E-state index is 12.9. The van der Waals surface area contributed by atoms with Crippen LogP contribution in [0, 0.1) is 0 Å². The molecule has 0 spiro atoms. The number of pyridine rings is 1. The van der Waals surface area contributed by atoms with Gasteiger partial charge in [-0.25, -0.2) is 4.79 Å². The van der Waals surface area contributed by atoms with Crippen molar-refractivity contribution in [2.45, 2.75) is 50.6 Å². The summed E-state index contributed by atoms with van der Waals surface area (Å²) in [6.45, 7) is 0.206. The molecule has 4 rings (SSSR count). The first-order valence-corrected chi connectivity index (χ1v) is 8.91. The molecule has 0 aromatic carbocycles. The van der Waals surface area contributed by atoms with Crippen molar-refractivity contribution < 1.29 is 32.0 Å². The van der Waals surface area contributed by atoms with Crippen LogP contribution in [0.25, 0.3) is 11.4 Å². The fraction of sp³-hybridized carbons (Fsp3) is 0.471. The number of nitrogens with two attached hydrogens (primary N) is 1. The summed E-state index contributed by atoms with van der Waals surface area (Å²) < 4.78 is 47.4. The summed E-state index contributed by atoms with van der Waals surface area (Å²) in [4.78, 5) is 33.2. The van der Waals surface area contributed by atoms with E-state index in [2.05, 4.69) is 19.6 Å². The number of halogens is 3. The van der Waals surface area contributed by atoms with E-state index in [1.165, 1.54) is 12.3 Å². The first-order valence-electron chi connectivity index (χ1n) is 8.91. The number of fused-ring (bicyclic) bond motifs is 1. The van der Waals surface area contributed by atoms with Gasteiger partial charge in [-0.1, -0.05) is 11.6 Å². The van der Waals surface area contributed by atoms with E-state index in [9.17, 15) is 22.8 Å².